The first kappa shape index (κ1) is 17.4. The molecular formula is C9H17N4NaO2S. The summed E-state index contributed by atoms with van der Waals surface area (Å²) in [5, 5.41) is 22.0. The molecule has 1 aliphatic heterocycles. The van der Waals surface area contributed by atoms with Gasteiger partial charge >= 0.3 is 34.7 Å². The number of nitrogens with zero attached hydrogens (tertiary/aromatic N) is 4. The zero-order valence-corrected chi connectivity index (χ0v) is 13.6. The molecule has 1 aliphatic rings. The fourth-order valence-electron chi connectivity index (χ4n) is 1.64. The quantitative estimate of drug-likeness (QED) is 0.359. The van der Waals surface area contributed by atoms with Crippen molar-refractivity contribution >= 4 is 16.5 Å². The summed E-state index contributed by atoms with van der Waals surface area (Å²) in [7, 11) is 1.96. The molecule has 0 aromatic carbocycles. The van der Waals surface area contributed by atoms with Crippen molar-refractivity contribution in [3.63, 3.8) is 0 Å². The molecule has 0 bridgehead atoms. The van der Waals surface area contributed by atoms with Crippen LogP contribution in [0.4, 0.5) is 5.13 Å². The monoisotopic (exact) mass is 268 g/mol. The second kappa shape index (κ2) is 6.53. The molecule has 0 radical (unpaired) electrons. The maximum Gasteiger partial charge on any atom is 1.00 e. The maximum absolute atomic E-state index is 12.4. The molecule has 17 heavy (non-hydrogen) atoms. The Balaban J connectivity index is 0.00000128. The maximum atomic E-state index is 12.4. The van der Waals surface area contributed by atoms with Gasteiger partial charge < -0.3 is 10.7 Å². The van der Waals surface area contributed by atoms with Crippen molar-refractivity contribution in [2.75, 3.05) is 26.8 Å². The van der Waals surface area contributed by atoms with Gasteiger partial charge in [0.15, 0.2) is 0 Å². The molecule has 0 aliphatic carbocycles. The predicted octanol–water partition coefficient (Wildman–Crippen LogP) is -1.80. The molecule has 92 valence electrons. The third-order valence-electron chi connectivity index (χ3n) is 2.59. The first-order chi connectivity index (χ1) is 7.01. The van der Waals surface area contributed by atoms with E-state index < -0.39 is 0 Å². The van der Waals surface area contributed by atoms with Crippen molar-refractivity contribution in [3.05, 3.63) is 10.2 Å². The summed E-state index contributed by atoms with van der Waals surface area (Å²) in [5.74, 6) is 0.350. The van der Waals surface area contributed by atoms with Gasteiger partial charge in [0.2, 0.25) is 0 Å². The van der Waals surface area contributed by atoms with Gasteiger partial charge in [0.1, 0.15) is 11.7 Å². The summed E-state index contributed by atoms with van der Waals surface area (Å²) in [6.07, 6.45) is 0. The Bertz CT molecular complexity index is 363. The number of hydroxylamine groups is 2. The number of aromatic nitrogens is 2. The molecule has 1 N–H and O–H groups in total. The number of quaternary nitrogens is 1. The SMILES string of the molecule is CC(C)c1nnc([N+]2([O-])CCN(C)C2)s1.[Na+].[OH-]. The first-order valence-corrected chi connectivity index (χ1v) is 5.93. The van der Waals surface area contributed by atoms with Crippen LogP contribution in [0.25, 0.3) is 0 Å². The van der Waals surface area contributed by atoms with E-state index in [1.54, 1.807) is 0 Å². The van der Waals surface area contributed by atoms with E-state index in [1.807, 2.05) is 11.9 Å². The average Bonchev–Trinajstić information content (AvgIpc) is 2.73. The minimum Gasteiger partial charge on any atom is -0.870 e. The van der Waals surface area contributed by atoms with Crippen molar-refractivity contribution in [1.29, 1.82) is 0 Å². The van der Waals surface area contributed by atoms with Crippen molar-refractivity contribution in [3.8, 4) is 0 Å². The molecular weight excluding hydrogens is 251 g/mol. The topological polar surface area (TPSA) is 82.1 Å². The van der Waals surface area contributed by atoms with Gasteiger partial charge in [-0.1, -0.05) is 18.9 Å². The van der Waals surface area contributed by atoms with Gasteiger partial charge in [-0.25, -0.2) is 0 Å². The Morgan fingerprint density at radius 3 is 2.47 bits per heavy atom. The van der Waals surface area contributed by atoms with Gasteiger partial charge in [-0.3, -0.25) is 9.55 Å². The van der Waals surface area contributed by atoms with E-state index in [9.17, 15) is 5.21 Å². The number of hydrogen-bond acceptors (Lipinski definition) is 6. The zero-order chi connectivity index (χ0) is 11.1. The molecule has 8 heteroatoms. The molecule has 0 saturated carbocycles. The van der Waals surface area contributed by atoms with Crippen molar-refractivity contribution in [2.45, 2.75) is 19.8 Å². The average molecular weight is 268 g/mol. The Morgan fingerprint density at radius 2 is 2.06 bits per heavy atom. The smallest absolute Gasteiger partial charge is 0.870 e. The molecule has 2 heterocycles. The molecule has 1 atom stereocenters. The largest absolute Gasteiger partial charge is 1.00 e. The molecule has 0 spiro atoms. The van der Waals surface area contributed by atoms with Crippen LogP contribution in [0, 0.1) is 5.21 Å². The zero-order valence-electron chi connectivity index (χ0n) is 10.8. The molecule has 1 unspecified atom stereocenters. The van der Waals surface area contributed by atoms with Crippen LogP contribution in [0.15, 0.2) is 0 Å². The minimum absolute atomic E-state index is 0. The Kier molecular flexibility index (Phi) is 6.69. The van der Waals surface area contributed by atoms with E-state index >= 15 is 0 Å². The number of hydrogen-bond donors (Lipinski definition) is 0. The van der Waals surface area contributed by atoms with E-state index in [0.717, 1.165) is 11.6 Å². The van der Waals surface area contributed by atoms with Gasteiger partial charge in [-0.15, -0.1) is 5.10 Å². The fraction of sp³-hybridized carbons (Fsp3) is 0.778. The minimum atomic E-state index is -0.332. The van der Waals surface area contributed by atoms with Crippen LogP contribution >= 0.6 is 11.3 Å². The molecule has 2 rings (SSSR count). The van der Waals surface area contributed by atoms with Gasteiger partial charge in [-0.2, -0.15) is 0 Å². The van der Waals surface area contributed by atoms with E-state index in [2.05, 4.69) is 24.0 Å². The van der Waals surface area contributed by atoms with Gasteiger partial charge in [0.25, 0.3) is 0 Å². The van der Waals surface area contributed by atoms with Crippen LogP contribution in [0.2, 0.25) is 0 Å². The fourth-order valence-corrected chi connectivity index (χ4v) is 2.55. The normalized spacial score (nSPS) is 24.5. The third-order valence-corrected chi connectivity index (χ3v) is 3.94. The van der Waals surface area contributed by atoms with Crippen LogP contribution in [-0.2, 0) is 0 Å². The van der Waals surface area contributed by atoms with Crippen LogP contribution in [-0.4, -0.2) is 47.4 Å². The molecule has 1 aromatic rings. The molecule has 1 aromatic heterocycles. The van der Waals surface area contributed by atoms with Crippen LogP contribution in [0.5, 0.6) is 0 Å². The number of likely N-dealkylation sites (N-methyl/N-ethyl adjacent to an activating group) is 1. The van der Waals surface area contributed by atoms with Crippen molar-refractivity contribution in [1.82, 2.24) is 19.7 Å². The third kappa shape index (κ3) is 3.68. The first-order valence-electron chi connectivity index (χ1n) is 5.12. The van der Waals surface area contributed by atoms with E-state index in [-0.39, 0.29) is 39.7 Å². The number of rotatable bonds is 2. The van der Waals surface area contributed by atoms with Crippen molar-refractivity contribution < 1.29 is 35.0 Å². The second-order valence-corrected chi connectivity index (χ2v) is 5.40. The molecule has 0 amide bonds. The summed E-state index contributed by atoms with van der Waals surface area (Å²) in [4.78, 5) is 2.03. The van der Waals surface area contributed by atoms with E-state index in [4.69, 9.17) is 0 Å². The van der Waals surface area contributed by atoms with Crippen LogP contribution < -0.4 is 34.2 Å². The van der Waals surface area contributed by atoms with E-state index in [1.165, 1.54) is 11.3 Å². The Hall–Kier alpha value is 0.400. The molecule has 6 nitrogen and oxygen atoms in total. The van der Waals surface area contributed by atoms with Gasteiger partial charge in [0.05, 0.1) is 13.1 Å². The second-order valence-electron chi connectivity index (χ2n) is 4.41. The van der Waals surface area contributed by atoms with Gasteiger partial charge in [-0.05, 0) is 18.4 Å². The predicted molar refractivity (Wildman–Crippen MR) is 63.5 cm³/mol. The molecule has 1 fully saturated rings. The Labute approximate surface area is 127 Å². The summed E-state index contributed by atoms with van der Waals surface area (Å²) in [6, 6.07) is 0. The van der Waals surface area contributed by atoms with Crippen molar-refractivity contribution in [2.24, 2.45) is 0 Å². The van der Waals surface area contributed by atoms with Crippen LogP contribution in [0.3, 0.4) is 0 Å². The summed E-state index contributed by atoms with van der Waals surface area (Å²) >= 11 is 1.45. The van der Waals surface area contributed by atoms with E-state index in [0.29, 0.717) is 24.3 Å². The summed E-state index contributed by atoms with van der Waals surface area (Å²) in [5.41, 5.74) is 0. The summed E-state index contributed by atoms with van der Waals surface area (Å²) in [6.45, 7) is 6.04. The van der Waals surface area contributed by atoms with Gasteiger partial charge in [0, 0.05) is 5.92 Å². The standard InChI is InChI=1S/C9H16N4OS.Na.H2O/c1-7(2)8-10-11-9(15-8)13(14)5-4-12(3)6-13;;/h7H,4-6H2,1-3H3;;1H2/q;+1;/p-1. The summed E-state index contributed by atoms with van der Waals surface area (Å²) < 4.78 is -0.332. The Morgan fingerprint density at radius 1 is 1.41 bits per heavy atom. The molecule has 1 saturated heterocycles. The van der Waals surface area contributed by atoms with Crippen LogP contribution in [0.1, 0.15) is 24.8 Å².